The summed E-state index contributed by atoms with van der Waals surface area (Å²) in [5.74, 6) is -1.80. The van der Waals surface area contributed by atoms with E-state index in [4.69, 9.17) is 0 Å². The lowest BCUT2D eigenvalue weighted by molar-refractivity contribution is -0.130. The van der Waals surface area contributed by atoms with Crippen molar-refractivity contribution in [3.8, 4) is 0 Å². The highest BCUT2D eigenvalue weighted by Crippen LogP contribution is 2.24. The molecule has 0 bridgehead atoms. The third-order valence-corrected chi connectivity index (χ3v) is 0.488. The molecule has 0 spiro atoms. The van der Waals surface area contributed by atoms with Gasteiger partial charge in [-0.3, -0.25) is 0 Å². The Labute approximate surface area is 48.0 Å². The summed E-state index contributed by atoms with van der Waals surface area (Å²) in [7, 11) is 0. The normalized spacial score (nSPS) is 14.1. The number of alkyl halides is 3. The molecule has 0 rings (SSSR count). The Balaban J connectivity index is 3.75. The van der Waals surface area contributed by atoms with Crippen molar-refractivity contribution in [2.75, 3.05) is 0 Å². The van der Waals surface area contributed by atoms with Gasteiger partial charge in [-0.1, -0.05) is 0 Å². The summed E-state index contributed by atoms with van der Waals surface area (Å²) in [5.41, 5.74) is 0. The third kappa shape index (κ3) is 5.26. The van der Waals surface area contributed by atoms with Crippen molar-refractivity contribution in [1.29, 1.82) is 0 Å². The molecule has 0 aromatic rings. The molecule has 0 aliphatic rings. The van der Waals surface area contributed by atoms with Gasteiger partial charge >= 0.3 is 6.18 Å². The second-order valence-electron chi connectivity index (χ2n) is 1.35. The molecule has 0 N–H and O–H groups in total. The summed E-state index contributed by atoms with van der Waals surface area (Å²) in [4.78, 5) is 0. The van der Waals surface area contributed by atoms with Gasteiger partial charge in [0.2, 0.25) is 0 Å². The van der Waals surface area contributed by atoms with E-state index in [1.807, 2.05) is 0 Å². The molecule has 5 heteroatoms. The summed E-state index contributed by atoms with van der Waals surface area (Å²) in [6.07, 6.45) is -7.19. The predicted octanol–water partition coefficient (Wildman–Crippen LogP) is 2.72. The van der Waals surface area contributed by atoms with Gasteiger partial charge in [-0.2, -0.15) is 13.2 Å². The summed E-state index contributed by atoms with van der Waals surface area (Å²) in [6.45, 7) is 0. The fourth-order valence-corrected chi connectivity index (χ4v) is 0.230. The molecule has 0 aliphatic carbocycles. The van der Waals surface area contributed by atoms with Crippen LogP contribution in [0.3, 0.4) is 0 Å². The Bertz CT molecular complexity index is 111. The first kappa shape index (κ1) is 8.39. The summed E-state index contributed by atoms with van der Waals surface area (Å²) >= 11 is 0. The lowest BCUT2D eigenvalue weighted by atomic mass is 10.4. The first-order chi connectivity index (χ1) is 3.95. The number of rotatable bonds is 1. The molecule has 0 saturated heterocycles. The van der Waals surface area contributed by atoms with Gasteiger partial charge in [0.05, 0.1) is 6.42 Å². The molecule has 0 fully saturated rings. The van der Waals surface area contributed by atoms with Gasteiger partial charge in [-0.15, -0.1) is 0 Å². The molecule has 0 radical (unpaired) electrons. The minimum absolute atomic E-state index is 0.701. The lowest BCUT2D eigenvalue weighted by Gasteiger charge is -2.00. The standard InChI is InChI=1S/C4H3F5/c5-2-3(6)1-4(7,8)9/h2H,1H2/b3-2+. The zero-order valence-corrected chi connectivity index (χ0v) is 4.17. The van der Waals surface area contributed by atoms with E-state index in [0.717, 1.165) is 0 Å². The average Bonchev–Trinajstić information content (AvgIpc) is 1.62. The average molecular weight is 146 g/mol. The lowest BCUT2D eigenvalue weighted by Crippen LogP contribution is -2.06. The quantitative estimate of drug-likeness (QED) is 0.499. The Morgan fingerprint density at radius 3 is 1.89 bits per heavy atom. The SMILES string of the molecule is F/C=C(/F)CC(F)(F)F. The summed E-state index contributed by atoms with van der Waals surface area (Å²) in [6, 6.07) is 0. The van der Waals surface area contributed by atoms with E-state index in [9.17, 15) is 22.0 Å². The highest BCUT2D eigenvalue weighted by atomic mass is 19.4. The van der Waals surface area contributed by atoms with E-state index >= 15 is 0 Å². The number of hydrogen-bond acceptors (Lipinski definition) is 0. The molecule has 0 amide bonds. The monoisotopic (exact) mass is 146 g/mol. The predicted molar refractivity (Wildman–Crippen MR) is 21.0 cm³/mol. The zero-order valence-electron chi connectivity index (χ0n) is 4.17. The van der Waals surface area contributed by atoms with Crippen molar-refractivity contribution in [3.63, 3.8) is 0 Å². The van der Waals surface area contributed by atoms with Gasteiger partial charge < -0.3 is 0 Å². The third-order valence-electron chi connectivity index (χ3n) is 0.488. The molecule has 54 valence electrons. The Kier molecular flexibility index (Phi) is 2.61. The minimum atomic E-state index is -4.66. The Hall–Kier alpha value is -0.610. The van der Waals surface area contributed by atoms with E-state index in [2.05, 4.69) is 0 Å². The molecule has 0 saturated carbocycles. The van der Waals surface area contributed by atoms with Crippen molar-refractivity contribution in [1.82, 2.24) is 0 Å². The molecule has 0 heterocycles. The Morgan fingerprint density at radius 2 is 1.78 bits per heavy atom. The molecule has 0 atom stereocenters. The summed E-state index contributed by atoms with van der Waals surface area (Å²) < 4.78 is 55.4. The van der Waals surface area contributed by atoms with E-state index in [0.29, 0.717) is 0 Å². The highest BCUT2D eigenvalue weighted by molar-refractivity contribution is 4.87. The number of hydrogen-bond donors (Lipinski definition) is 0. The van der Waals surface area contributed by atoms with Crippen LogP contribution in [0.25, 0.3) is 0 Å². The maximum atomic E-state index is 11.4. The van der Waals surface area contributed by atoms with Gasteiger partial charge in [0.15, 0.2) is 0 Å². The molecule has 9 heavy (non-hydrogen) atoms. The van der Waals surface area contributed by atoms with Crippen LogP contribution in [0, 0.1) is 0 Å². The van der Waals surface area contributed by atoms with Crippen LogP contribution in [0.5, 0.6) is 0 Å². The summed E-state index contributed by atoms with van der Waals surface area (Å²) in [5, 5.41) is 0. The van der Waals surface area contributed by atoms with Crippen LogP contribution in [0.4, 0.5) is 22.0 Å². The second kappa shape index (κ2) is 2.80. The zero-order chi connectivity index (χ0) is 7.49. The van der Waals surface area contributed by atoms with Gasteiger partial charge in [0, 0.05) is 0 Å². The van der Waals surface area contributed by atoms with Crippen molar-refractivity contribution in [3.05, 3.63) is 12.2 Å². The Morgan fingerprint density at radius 1 is 1.33 bits per heavy atom. The van der Waals surface area contributed by atoms with Crippen LogP contribution < -0.4 is 0 Å². The van der Waals surface area contributed by atoms with Crippen LogP contribution >= 0.6 is 0 Å². The number of allylic oxidation sites excluding steroid dienone is 1. The smallest absolute Gasteiger partial charge is 0.213 e. The fourth-order valence-electron chi connectivity index (χ4n) is 0.230. The van der Waals surface area contributed by atoms with Crippen molar-refractivity contribution >= 4 is 0 Å². The molecular weight excluding hydrogens is 143 g/mol. The van der Waals surface area contributed by atoms with Crippen LogP contribution in [-0.2, 0) is 0 Å². The van der Waals surface area contributed by atoms with Crippen LogP contribution in [0.15, 0.2) is 12.2 Å². The first-order valence-corrected chi connectivity index (χ1v) is 1.97. The molecule has 0 nitrogen and oxygen atoms in total. The fraction of sp³-hybridized carbons (Fsp3) is 0.500. The van der Waals surface area contributed by atoms with E-state index in [1.54, 1.807) is 0 Å². The maximum Gasteiger partial charge on any atom is 0.395 e. The van der Waals surface area contributed by atoms with Gasteiger partial charge in [-0.25, -0.2) is 8.78 Å². The van der Waals surface area contributed by atoms with Gasteiger partial charge in [0.1, 0.15) is 12.2 Å². The second-order valence-corrected chi connectivity index (χ2v) is 1.35. The molecule has 0 aliphatic heterocycles. The molecule has 0 aromatic heterocycles. The van der Waals surface area contributed by atoms with Gasteiger partial charge in [-0.05, 0) is 0 Å². The topological polar surface area (TPSA) is 0 Å². The maximum absolute atomic E-state index is 11.4. The molecule has 0 unspecified atom stereocenters. The van der Waals surface area contributed by atoms with Crippen LogP contribution in [-0.4, -0.2) is 6.18 Å². The molecule has 0 aromatic carbocycles. The highest BCUT2D eigenvalue weighted by Gasteiger charge is 2.29. The van der Waals surface area contributed by atoms with Gasteiger partial charge in [0.25, 0.3) is 0 Å². The molecular formula is C4H3F5. The minimum Gasteiger partial charge on any atom is -0.213 e. The largest absolute Gasteiger partial charge is 0.395 e. The van der Waals surface area contributed by atoms with E-state index < -0.39 is 24.8 Å². The van der Waals surface area contributed by atoms with Crippen LogP contribution in [0.1, 0.15) is 6.42 Å². The number of halogens is 5. The first-order valence-electron chi connectivity index (χ1n) is 1.97. The van der Waals surface area contributed by atoms with Crippen molar-refractivity contribution in [2.24, 2.45) is 0 Å². The van der Waals surface area contributed by atoms with E-state index in [1.165, 1.54) is 0 Å². The van der Waals surface area contributed by atoms with Crippen LogP contribution in [0.2, 0.25) is 0 Å². The van der Waals surface area contributed by atoms with E-state index in [-0.39, 0.29) is 0 Å². The van der Waals surface area contributed by atoms with Crippen molar-refractivity contribution in [2.45, 2.75) is 12.6 Å². The van der Waals surface area contributed by atoms with Crippen molar-refractivity contribution < 1.29 is 22.0 Å².